The Morgan fingerprint density at radius 3 is 2.44 bits per heavy atom. The highest BCUT2D eigenvalue weighted by molar-refractivity contribution is 7.99. The molecule has 0 atom stereocenters. The van der Waals surface area contributed by atoms with Crippen LogP contribution in [0.5, 0.6) is 0 Å². The van der Waals surface area contributed by atoms with Gasteiger partial charge in [0.15, 0.2) is 16.6 Å². The number of rotatable bonds is 3. The molecule has 2 nitrogen and oxygen atoms in total. The van der Waals surface area contributed by atoms with Gasteiger partial charge in [-0.3, -0.25) is 4.79 Å². The lowest BCUT2D eigenvalue weighted by atomic mass is 10.3. The van der Waals surface area contributed by atoms with Crippen molar-refractivity contribution in [2.45, 2.75) is 16.9 Å². The minimum absolute atomic E-state index is 0.0667. The van der Waals surface area contributed by atoms with Crippen molar-refractivity contribution in [1.29, 1.82) is 0 Å². The van der Waals surface area contributed by atoms with E-state index in [1.54, 1.807) is 12.1 Å². The van der Waals surface area contributed by atoms with Crippen LogP contribution in [-0.4, -0.2) is 5.78 Å². The first-order chi connectivity index (χ1) is 7.65. The third kappa shape index (κ3) is 2.68. The van der Waals surface area contributed by atoms with E-state index in [0.717, 1.165) is 4.90 Å². The van der Waals surface area contributed by atoms with Gasteiger partial charge in [0.2, 0.25) is 0 Å². The lowest BCUT2D eigenvalue weighted by Crippen LogP contribution is -1.85. The fraction of sp³-hybridized carbons (Fsp3) is 0.0833. The molecule has 4 heteroatoms. The maximum absolute atomic E-state index is 11.0. The van der Waals surface area contributed by atoms with Gasteiger partial charge in [0.1, 0.15) is 0 Å². The summed E-state index contributed by atoms with van der Waals surface area (Å²) in [6.45, 7) is 1.48. The van der Waals surface area contributed by atoms with E-state index in [-0.39, 0.29) is 5.78 Å². The maximum atomic E-state index is 11.0. The molecule has 2 aromatic rings. The molecule has 2 rings (SSSR count). The van der Waals surface area contributed by atoms with Gasteiger partial charge in [0.05, 0.1) is 0 Å². The molecule has 0 spiro atoms. The summed E-state index contributed by atoms with van der Waals surface area (Å²) in [6, 6.07) is 10.9. The first-order valence-corrected chi connectivity index (χ1v) is 5.89. The van der Waals surface area contributed by atoms with Gasteiger partial charge in [-0.05, 0) is 36.4 Å². The molecule has 1 heterocycles. The van der Waals surface area contributed by atoms with Crippen molar-refractivity contribution in [1.82, 2.24) is 0 Å². The Kier molecular flexibility index (Phi) is 3.36. The van der Waals surface area contributed by atoms with Crippen LogP contribution in [0.4, 0.5) is 0 Å². The Hall–Kier alpha value is -1.19. The average molecular weight is 253 g/mol. The fourth-order valence-electron chi connectivity index (χ4n) is 1.18. The summed E-state index contributed by atoms with van der Waals surface area (Å²) in [7, 11) is 0. The second-order valence-corrected chi connectivity index (χ2v) is 4.75. The zero-order valence-electron chi connectivity index (χ0n) is 8.57. The summed E-state index contributed by atoms with van der Waals surface area (Å²) in [6.07, 6.45) is 0. The van der Waals surface area contributed by atoms with Crippen LogP contribution in [0.25, 0.3) is 0 Å². The van der Waals surface area contributed by atoms with Gasteiger partial charge in [-0.15, -0.1) is 0 Å². The molecule has 1 aromatic carbocycles. The van der Waals surface area contributed by atoms with Crippen molar-refractivity contribution < 1.29 is 9.21 Å². The van der Waals surface area contributed by atoms with Crippen LogP contribution >= 0.6 is 23.4 Å². The largest absolute Gasteiger partial charge is 0.446 e. The van der Waals surface area contributed by atoms with Gasteiger partial charge in [0.25, 0.3) is 0 Å². The Morgan fingerprint density at radius 1 is 1.19 bits per heavy atom. The third-order valence-corrected chi connectivity index (χ3v) is 3.14. The monoisotopic (exact) mass is 252 g/mol. The summed E-state index contributed by atoms with van der Waals surface area (Å²) in [5.74, 6) is 0.319. The number of carbonyl (C=O) groups is 1. The molecule has 16 heavy (non-hydrogen) atoms. The molecule has 0 N–H and O–H groups in total. The third-order valence-electron chi connectivity index (χ3n) is 1.96. The maximum Gasteiger partial charge on any atom is 0.194 e. The van der Waals surface area contributed by atoms with Crippen LogP contribution in [0, 0.1) is 0 Å². The molecule has 1 aromatic heterocycles. The fourth-order valence-corrected chi connectivity index (χ4v) is 2.08. The first-order valence-electron chi connectivity index (χ1n) is 4.69. The van der Waals surface area contributed by atoms with E-state index in [0.29, 0.717) is 15.9 Å². The van der Waals surface area contributed by atoms with Crippen molar-refractivity contribution in [2.24, 2.45) is 0 Å². The molecule has 0 aliphatic rings. The highest BCUT2D eigenvalue weighted by Gasteiger charge is 2.07. The van der Waals surface area contributed by atoms with Gasteiger partial charge < -0.3 is 4.42 Å². The van der Waals surface area contributed by atoms with Gasteiger partial charge in [-0.1, -0.05) is 23.4 Å². The summed E-state index contributed by atoms with van der Waals surface area (Å²) in [5, 5.41) is 1.40. The van der Waals surface area contributed by atoms with Gasteiger partial charge in [-0.2, -0.15) is 0 Å². The second kappa shape index (κ2) is 4.76. The summed E-state index contributed by atoms with van der Waals surface area (Å²) < 4.78 is 5.36. The van der Waals surface area contributed by atoms with Gasteiger partial charge >= 0.3 is 0 Å². The SMILES string of the molecule is CC(=O)c1ccc(Sc2ccc(Cl)cc2)o1. The standard InChI is InChI=1S/C12H9ClO2S/c1-8(14)11-6-7-12(15-11)16-10-4-2-9(13)3-5-10/h2-7H,1H3. The van der Waals surface area contributed by atoms with Gasteiger partial charge in [-0.25, -0.2) is 0 Å². The van der Waals surface area contributed by atoms with E-state index in [9.17, 15) is 4.79 Å². The van der Waals surface area contributed by atoms with Crippen molar-refractivity contribution in [3.63, 3.8) is 0 Å². The van der Waals surface area contributed by atoms with Crippen molar-refractivity contribution in [3.8, 4) is 0 Å². The number of ketones is 1. The van der Waals surface area contributed by atoms with Crippen molar-refractivity contribution >= 4 is 29.1 Å². The van der Waals surface area contributed by atoms with E-state index < -0.39 is 0 Å². The van der Waals surface area contributed by atoms with Crippen LogP contribution < -0.4 is 0 Å². The number of Topliss-reactive ketones (excluding diaryl/α,β-unsaturated/α-hetero) is 1. The molecular weight excluding hydrogens is 244 g/mol. The Balaban J connectivity index is 2.14. The van der Waals surface area contributed by atoms with Crippen LogP contribution in [0.2, 0.25) is 5.02 Å². The Bertz CT molecular complexity index is 502. The average Bonchev–Trinajstić information content (AvgIpc) is 2.70. The minimum Gasteiger partial charge on any atom is -0.446 e. The number of hydrogen-bond donors (Lipinski definition) is 0. The lowest BCUT2D eigenvalue weighted by Gasteiger charge is -1.97. The Labute approximate surface area is 103 Å². The zero-order chi connectivity index (χ0) is 11.5. The van der Waals surface area contributed by atoms with Crippen LogP contribution in [-0.2, 0) is 0 Å². The van der Waals surface area contributed by atoms with Crippen molar-refractivity contribution in [2.75, 3.05) is 0 Å². The summed E-state index contributed by atoms with van der Waals surface area (Å²) in [5.41, 5.74) is 0. The smallest absolute Gasteiger partial charge is 0.194 e. The molecule has 0 saturated heterocycles. The number of hydrogen-bond acceptors (Lipinski definition) is 3. The van der Waals surface area contributed by atoms with E-state index >= 15 is 0 Å². The lowest BCUT2D eigenvalue weighted by molar-refractivity contribution is 0.0982. The van der Waals surface area contributed by atoms with E-state index in [2.05, 4.69) is 0 Å². The highest BCUT2D eigenvalue weighted by Crippen LogP contribution is 2.29. The van der Waals surface area contributed by atoms with E-state index in [1.807, 2.05) is 24.3 Å². The molecule has 0 saturated carbocycles. The van der Waals surface area contributed by atoms with Crippen LogP contribution in [0.15, 0.2) is 50.8 Å². The summed E-state index contributed by atoms with van der Waals surface area (Å²) in [4.78, 5) is 12.1. The molecule has 0 radical (unpaired) electrons. The zero-order valence-corrected chi connectivity index (χ0v) is 10.1. The predicted molar refractivity (Wildman–Crippen MR) is 64.3 cm³/mol. The predicted octanol–water partition coefficient (Wildman–Crippen LogP) is 4.29. The van der Waals surface area contributed by atoms with Crippen LogP contribution in [0.3, 0.4) is 0 Å². The molecule has 0 amide bonds. The quantitative estimate of drug-likeness (QED) is 0.764. The second-order valence-electron chi connectivity index (χ2n) is 3.23. The minimum atomic E-state index is -0.0667. The molecular formula is C12H9ClO2S. The highest BCUT2D eigenvalue weighted by atomic mass is 35.5. The number of carbonyl (C=O) groups excluding carboxylic acids is 1. The molecule has 82 valence electrons. The molecule has 0 bridgehead atoms. The Morgan fingerprint density at radius 2 is 1.88 bits per heavy atom. The molecule has 0 fully saturated rings. The number of halogens is 1. The first kappa shape index (κ1) is 11.3. The van der Waals surface area contributed by atoms with Gasteiger partial charge in [0, 0.05) is 16.8 Å². The van der Waals surface area contributed by atoms with Crippen LogP contribution in [0.1, 0.15) is 17.5 Å². The molecule has 0 aliphatic carbocycles. The topological polar surface area (TPSA) is 30.2 Å². The normalized spacial score (nSPS) is 10.4. The number of furan rings is 1. The molecule has 0 unspecified atom stereocenters. The summed E-state index contributed by atoms with van der Waals surface area (Å²) >= 11 is 7.24. The van der Waals surface area contributed by atoms with E-state index in [1.165, 1.54) is 18.7 Å². The molecule has 0 aliphatic heterocycles. The number of benzene rings is 1. The van der Waals surface area contributed by atoms with E-state index in [4.69, 9.17) is 16.0 Å². The van der Waals surface area contributed by atoms with Crippen molar-refractivity contribution in [3.05, 3.63) is 47.2 Å².